The molecule has 0 amide bonds. The third-order valence-corrected chi connectivity index (χ3v) is 4.07. The number of aromatic nitrogens is 1. The zero-order valence-corrected chi connectivity index (χ0v) is 13.1. The van der Waals surface area contributed by atoms with Crippen molar-refractivity contribution in [2.45, 2.75) is 52.6 Å². The van der Waals surface area contributed by atoms with Gasteiger partial charge < -0.3 is 5.32 Å². The van der Waals surface area contributed by atoms with Crippen molar-refractivity contribution in [2.24, 2.45) is 0 Å². The van der Waals surface area contributed by atoms with Crippen LogP contribution in [0, 0.1) is 0 Å². The number of hydrogen-bond acceptors (Lipinski definition) is 3. The maximum atomic E-state index is 4.10. The van der Waals surface area contributed by atoms with Gasteiger partial charge in [-0.1, -0.05) is 20.8 Å². The molecule has 0 radical (unpaired) electrons. The molecule has 0 aromatic carbocycles. The molecule has 1 N–H and O–H groups in total. The third-order valence-electron chi connectivity index (χ3n) is 4.07. The van der Waals surface area contributed by atoms with Gasteiger partial charge in [0.15, 0.2) is 0 Å². The van der Waals surface area contributed by atoms with Crippen molar-refractivity contribution in [1.29, 1.82) is 0 Å². The van der Waals surface area contributed by atoms with Gasteiger partial charge in [-0.2, -0.15) is 0 Å². The summed E-state index contributed by atoms with van der Waals surface area (Å²) in [5.41, 5.74) is 1.49. The molecule has 108 valence electrons. The molecule has 3 heteroatoms. The highest BCUT2D eigenvalue weighted by molar-refractivity contribution is 5.13. The average molecular weight is 263 g/mol. The molecular formula is C16H29N3. The van der Waals surface area contributed by atoms with Crippen LogP contribution in [0.3, 0.4) is 0 Å². The van der Waals surface area contributed by atoms with Gasteiger partial charge in [0.1, 0.15) is 0 Å². The van der Waals surface area contributed by atoms with Crippen LogP contribution in [0.1, 0.15) is 40.2 Å². The van der Waals surface area contributed by atoms with E-state index in [2.05, 4.69) is 62.0 Å². The van der Waals surface area contributed by atoms with Crippen molar-refractivity contribution in [3.8, 4) is 0 Å². The molecule has 1 atom stereocenters. The molecule has 0 saturated heterocycles. The lowest BCUT2D eigenvalue weighted by Gasteiger charge is -2.44. The van der Waals surface area contributed by atoms with Gasteiger partial charge in [-0.25, -0.2) is 0 Å². The molecule has 0 saturated carbocycles. The Labute approximate surface area is 118 Å². The van der Waals surface area contributed by atoms with Crippen molar-refractivity contribution in [3.63, 3.8) is 0 Å². The van der Waals surface area contributed by atoms with Crippen LogP contribution in [-0.4, -0.2) is 41.1 Å². The molecule has 0 spiro atoms. The fraction of sp³-hybridized carbons (Fsp3) is 0.688. The summed E-state index contributed by atoms with van der Waals surface area (Å²) in [5, 5.41) is 3.66. The summed E-state index contributed by atoms with van der Waals surface area (Å²) in [4.78, 5) is 6.63. The molecule has 0 aliphatic heterocycles. The molecule has 1 rings (SSSR count). The Bertz CT molecular complexity index is 344. The van der Waals surface area contributed by atoms with E-state index in [1.165, 1.54) is 5.56 Å². The summed E-state index contributed by atoms with van der Waals surface area (Å²) in [5.74, 6) is 0. The minimum atomic E-state index is 0.142. The lowest BCUT2D eigenvalue weighted by molar-refractivity contribution is 0.0918. The van der Waals surface area contributed by atoms with Crippen LogP contribution >= 0.6 is 0 Å². The monoisotopic (exact) mass is 263 g/mol. The number of likely N-dealkylation sites (N-methyl/N-ethyl adjacent to an activating group) is 2. The average Bonchev–Trinajstić information content (AvgIpc) is 2.40. The first-order valence-corrected chi connectivity index (χ1v) is 7.43. The Morgan fingerprint density at radius 3 is 2.21 bits per heavy atom. The van der Waals surface area contributed by atoms with Crippen LogP contribution in [0.2, 0.25) is 0 Å². The van der Waals surface area contributed by atoms with Gasteiger partial charge in [0, 0.05) is 24.0 Å². The smallest absolute Gasteiger partial charge is 0.0309 e. The van der Waals surface area contributed by atoms with E-state index in [1.54, 1.807) is 0 Å². The predicted molar refractivity (Wildman–Crippen MR) is 82.4 cm³/mol. The second kappa shape index (κ2) is 7.61. The van der Waals surface area contributed by atoms with Crippen molar-refractivity contribution in [1.82, 2.24) is 15.2 Å². The summed E-state index contributed by atoms with van der Waals surface area (Å²) in [6.45, 7) is 14.5. The van der Waals surface area contributed by atoms with E-state index < -0.39 is 0 Å². The van der Waals surface area contributed by atoms with Gasteiger partial charge in [0.25, 0.3) is 0 Å². The van der Waals surface area contributed by atoms with Gasteiger partial charge in [-0.3, -0.25) is 9.88 Å². The highest BCUT2D eigenvalue weighted by Crippen LogP contribution is 2.21. The molecule has 3 nitrogen and oxygen atoms in total. The Morgan fingerprint density at radius 1 is 1.16 bits per heavy atom. The molecule has 0 bridgehead atoms. The Kier molecular flexibility index (Phi) is 6.46. The Balaban J connectivity index is 2.86. The number of pyridine rings is 1. The number of hydrogen-bond donors (Lipinski definition) is 1. The normalized spacial score (nSPS) is 13.8. The molecule has 1 aromatic heterocycles. The predicted octanol–water partition coefficient (Wildman–Crippen LogP) is 2.72. The molecule has 1 heterocycles. The highest BCUT2D eigenvalue weighted by Gasteiger charge is 2.33. The van der Waals surface area contributed by atoms with Gasteiger partial charge in [-0.05, 0) is 57.6 Å². The van der Waals surface area contributed by atoms with E-state index in [-0.39, 0.29) is 5.54 Å². The van der Waals surface area contributed by atoms with Crippen molar-refractivity contribution < 1.29 is 0 Å². The second-order valence-electron chi connectivity index (χ2n) is 5.50. The van der Waals surface area contributed by atoms with Crippen LogP contribution in [0.4, 0.5) is 0 Å². The molecule has 1 aromatic rings. The van der Waals surface area contributed by atoms with Gasteiger partial charge in [0.2, 0.25) is 0 Å². The zero-order chi connectivity index (χ0) is 14.3. The Morgan fingerprint density at radius 2 is 1.74 bits per heavy atom. The first-order valence-electron chi connectivity index (χ1n) is 7.43. The van der Waals surface area contributed by atoms with E-state index >= 15 is 0 Å². The minimum absolute atomic E-state index is 0.142. The van der Waals surface area contributed by atoms with E-state index in [1.807, 2.05) is 12.4 Å². The topological polar surface area (TPSA) is 28.2 Å². The van der Waals surface area contributed by atoms with Crippen LogP contribution in [0.25, 0.3) is 0 Å². The summed E-state index contributed by atoms with van der Waals surface area (Å²) in [6.07, 6.45) is 4.80. The van der Waals surface area contributed by atoms with E-state index in [9.17, 15) is 0 Å². The first-order chi connectivity index (χ1) is 9.06. The lowest BCUT2D eigenvalue weighted by Crippen LogP contribution is -2.58. The summed E-state index contributed by atoms with van der Waals surface area (Å²) < 4.78 is 0. The zero-order valence-electron chi connectivity index (χ0n) is 13.1. The number of rotatable bonds is 8. The maximum absolute atomic E-state index is 4.10. The molecular weight excluding hydrogens is 234 g/mol. The summed E-state index contributed by atoms with van der Waals surface area (Å²) >= 11 is 0. The number of nitrogens with zero attached hydrogens (tertiary/aromatic N) is 2. The largest absolute Gasteiger partial charge is 0.312 e. The van der Waals surface area contributed by atoms with Crippen molar-refractivity contribution in [3.05, 3.63) is 30.1 Å². The van der Waals surface area contributed by atoms with Gasteiger partial charge in [0.05, 0.1) is 0 Å². The quantitative estimate of drug-likeness (QED) is 0.781. The van der Waals surface area contributed by atoms with Crippen molar-refractivity contribution in [2.75, 3.05) is 19.6 Å². The second-order valence-corrected chi connectivity index (χ2v) is 5.50. The van der Waals surface area contributed by atoms with Crippen LogP contribution in [-0.2, 0) is 6.42 Å². The van der Waals surface area contributed by atoms with E-state index in [4.69, 9.17) is 0 Å². The van der Waals surface area contributed by atoms with Gasteiger partial charge in [-0.15, -0.1) is 0 Å². The van der Waals surface area contributed by atoms with Gasteiger partial charge >= 0.3 is 0 Å². The molecule has 0 aliphatic rings. The molecule has 0 fully saturated rings. The standard InChI is InChI=1S/C16H29N3/c1-6-18-15(13-14-9-11-17-12-10-14)16(4,5)19(7-2)8-3/h9-12,15,18H,6-8,13H2,1-5H3. The van der Waals surface area contributed by atoms with Crippen LogP contribution < -0.4 is 5.32 Å². The fourth-order valence-electron chi connectivity index (χ4n) is 2.83. The van der Waals surface area contributed by atoms with Crippen LogP contribution in [0.15, 0.2) is 24.5 Å². The molecule has 1 unspecified atom stereocenters. The number of nitrogens with one attached hydrogen (secondary N) is 1. The van der Waals surface area contributed by atoms with Crippen molar-refractivity contribution >= 4 is 0 Å². The lowest BCUT2D eigenvalue weighted by atomic mass is 9.87. The summed E-state index contributed by atoms with van der Waals surface area (Å²) in [6, 6.07) is 4.67. The maximum Gasteiger partial charge on any atom is 0.0309 e. The third kappa shape index (κ3) is 4.29. The molecule has 19 heavy (non-hydrogen) atoms. The summed E-state index contributed by atoms with van der Waals surface area (Å²) in [7, 11) is 0. The first kappa shape index (κ1) is 16.1. The highest BCUT2D eigenvalue weighted by atomic mass is 15.2. The van der Waals surface area contributed by atoms with Crippen LogP contribution in [0.5, 0.6) is 0 Å². The van der Waals surface area contributed by atoms with E-state index in [0.717, 1.165) is 26.1 Å². The fourth-order valence-corrected chi connectivity index (χ4v) is 2.83. The Hall–Kier alpha value is -0.930. The van der Waals surface area contributed by atoms with E-state index in [0.29, 0.717) is 6.04 Å². The minimum Gasteiger partial charge on any atom is -0.312 e. The SMILES string of the molecule is CCNC(Cc1ccncc1)C(C)(C)N(CC)CC. The molecule has 0 aliphatic carbocycles.